The van der Waals surface area contributed by atoms with E-state index in [1.807, 2.05) is 45.0 Å². The molecule has 1 amide bonds. The minimum Gasteiger partial charge on any atom is -0.332 e. The Morgan fingerprint density at radius 3 is 2.49 bits per heavy atom. The third-order valence-electron chi connectivity index (χ3n) is 6.25. The lowest BCUT2D eigenvalue weighted by Gasteiger charge is -2.24. The van der Waals surface area contributed by atoms with Crippen LogP contribution in [0.1, 0.15) is 53.9 Å². The summed E-state index contributed by atoms with van der Waals surface area (Å²) < 4.78 is 43.0. The van der Waals surface area contributed by atoms with Gasteiger partial charge in [0.15, 0.2) is 0 Å². The van der Waals surface area contributed by atoms with E-state index in [2.05, 4.69) is 4.98 Å². The maximum atomic E-state index is 14.4. The van der Waals surface area contributed by atoms with Gasteiger partial charge >= 0.3 is 0 Å². The summed E-state index contributed by atoms with van der Waals surface area (Å²) in [5.41, 5.74) is 2.30. The minimum atomic E-state index is -3.73. The summed E-state index contributed by atoms with van der Waals surface area (Å²) in [6.07, 6.45) is 3.60. The topological polar surface area (TPSA) is 72.3 Å². The van der Waals surface area contributed by atoms with E-state index in [1.54, 1.807) is 27.8 Å². The van der Waals surface area contributed by atoms with Gasteiger partial charge < -0.3 is 9.47 Å². The van der Waals surface area contributed by atoms with E-state index in [9.17, 15) is 17.6 Å². The van der Waals surface area contributed by atoms with Gasteiger partial charge in [0.1, 0.15) is 5.82 Å². The molecule has 186 valence electrons. The fourth-order valence-electron chi connectivity index (χ4n) is 4.20. The summed E-state index contributed by atoms with van der Waals surface area (Å²) in [6.45, 7) is 7.03. The largest absolute Gasteiger partial charge is 0.332 e. The standard InChI is InChI=1S/C27H32FN3O3S/c1-19(2)15-31-23(14-29-27(31)35(33,34)18-22-9-5-4-8-20(22)3)17-30(16-21-12-13-21)26(32)24-10-6-7-11-25(24)28/h4-11,14,19,21H,12-13,15-18H2,1-3H3. The molecule has 4 rings (SSSR count). The number of aromatic nitrogens is 2. The molecule has 0 atom stereocenters. The lowest BCUT2D eigenvalue weighted by Crippen LogP contribution is -2.34. The SMILES string of the molecule is Cc1ccccc1CS(=O)(=O)c1ncc(CN(CC2CC2)C(=O)c2ccccc2F)n1CC(C)C. The zero-order valence-electron chi connectivity index (χ0n) is 20.4. The molecule has 0 aliphatic heterocycles. The molecule has 0 radical (unpaired) electrons. The molecule has 1 aromatic heterocycles. The Bertz CT molecular complexity index is 1310. The second kappa shape index (κ2) is 10.3. The van der Waals surface area contributed by atoms with Gasteiger partial charge in [0.05, 0.1) is 29.8 Å². The van der Waals surface area contributed by atoms with Crippen molar-refractivity contribution in [3.63, 3.8) is 0 Å². The van der Waals surface area contributed by atoms with Gasteiger partial charge in [-0.3, -0.25) is 4.79 Å². The van der Waals surface area contributed by atoms with Crippen LogP contribution in [0.15, 0.2) is 59.9 Å². The van der Waals surface area contributed by atoms with Crippen LogP contribution in [0.2, 0.25) is 0 Å². The van der Waals surface area contributed by atoms with Crippen LogP contribution >= 0.6 is 0 Å². The van der Waals surface area contributed by atoms with Crippen molar-refractivity contribution in [2.45, 2.75) is 57.6 Å². The smallest absolute Gasteiger partial charge is 0.257 e. The van der Waals surface area contributed by atoms with Gasteiger partial charge in [-0.15, -0.1) is 0 Å². The molecule has 35 heavy (non-hydrogen) atoms. The highest BCUT2D eigenvalue weighted by molar-refractivity contribution is 7.90. The average molecular weight is 498 g/mol. The van der Waals surface area contributed by atoms with Crippen LogP contribution < -0.4 is 0 Å². The van der Waals surface area contributed by atoms with E-state index < -0.39 is 21.6 Å². The van der Waals surface area contributed by atoms with E-state index >= 15 is 0 Å². The number of imidazole rings is 1. The van der Waals surface area contributed by atoms with Gasteiger partial charge in [-0.05, 0) is 54.9 Å². The van der Waals surface area contributed by atoms with Crippen molar-refractivity contribution in [3.8, 4) is 0 Å². The monoisotopic (exact) mass is 497 g/mol. The molecule has 1 aliphatic carbocycles. The summed E-state index contributed by atoms with van der Waals surface area (Å²) in [4.78, 5) is 19.2. The van der Waals surface area contributed by atoms with E-state index in [0.717, 1.165) is 24.0 Å². The number of sulfone groups is 1. The van der Waals surface area contributed by atoms with Crippen molar-refractivity contribution in [1.82, 2.24) is 14.5 Å². The van der Waals surface area contributed by atoms with Crippen LogP contribution in [-0.4, -0.2) is 35.3 Å². The van der Waals surface area contributed by atoms with Crippen LogP contribution in [0.5, 0.6) is 0 Å². The highest BCUT2D eigenvalue weighted by atomic mass is 32.2. The number of carbonyl (C=O) groups is 1. The minimum absolute atomic E-state index is 0.00849. The van der Waals surface area contributed by atoms with Crippen LogP contribution in [0, 0.1) is 24.6 Å². The number of halogens is 1. The molecular weight excluding hydrogens is 465 g/mol. The van der Waals surface area contributed by atoms with Gasteiger partial charge in [0.2, 0.25) is 15.0 Å². The molecule has 1 heterocycles. The Hall–Kier alpha value is -3.00. The van der Waals surface area contributed by atoms with E-state index in [-0.39, 0.29) is 28.9 Å². The number of nitrogens with zero attached hydrogens (tertiary/aromatic N) is 3. The number of amides is 1. The molecule has 0 unspecified atom stereocenters. The first kappa shape index (κ1) is 25.1. The number of aryl methyl sites for hydroxylation is 1. The second-order valence-corrected chi connectivity index (χ2v) is 11.7. The van der Waals surface area contributed by atoms with E-state index in [4.69, 9.17) is 0 Å². The summed E-state index contributed by atoms with van der Waals surface area (Å²) in [5.74, 6) is -0.549. The van der Waals surface area contributed by atoms with Gasteiger partial charge in [-0.25, -0.2) is 17.8 Å². The molecule has 1 aliphatic rings. The van der Waals surface area contributed by atoms with Crippen molar-refractivity contribution in [2.75, 3.05) is 6.54 Å². The molecule has 6 nitrogen and oxygen atoms in total. The van der Waals surface area contributed by atoms with Crippen molar-refractivity contribution >= 4 is 15.7 Å². The average Bonchev–Trinajstić information content (AvgIpc) is 3.53. The first-order valence-corrected chi connectivity index (χ1v) is 13.7. The fraction of sp³-hybridized carbons (Fsp3) is 0.407. The van der Waals surface area contributed by atoms with Crippen molar-refractivity contribution in [2.24, 2.45) is 11.8 Å². The van der Waals surface area contributed by atoms with Gasteiger partial charge in [-0.2, -0.15) is 0 Å². The molecule has 1 saturated carbocycles. The predicted octanol–water partition coefficient (Wildman–Crippen LogP) is 5.01. The Kier molecular flexibility index (Phi) is 7.40. The Labute approximate surface area is 206 Å². The lowest BCUT2D eigenvalue weighted by atomic mass is 10.1. The lowest BCUT2D eigenvalue weighted by molar-refractivity contribution is 0.0725. The Morgan fingerprint density at radius 1 is 1.14 bits per heavy atom. The number of hydrogen-bond acceptors (Lipinski definition) is 4. The molecule has 0 bridgehead atoms. The second-order valence-electron chi connectivity index (χ2n) is 9.83. The van der Waals surface area contributed by atoms with Crippen LogP contribution in [0.4, 0.5) is 4.39 Å². The molecule has 1 fully saturated rings. The molecule has 3 aromatic rings. The van der Waals surface area contributed by atoms with Crippen molar-refractivity contribution in [3.05, 3.63) is 82.9 Å². The maximum absolute atomic E-state index is 14.4. The first-order valence-electron chi connectivity index (χ1n) is 12.0. The van der Waals surface area contributed by atoms with Gasteiger partial charge in [-0.1, -0.05) is 50.2 Å². The number of benzene rings is 2. The summed E-state index contributed by atoms with van der Waals surface area (Å²) >= 11 is 0. The molecule has 0 N–H and O–H groups in total. The van der Waals surface area contributed by atoms with Crippen molar-refractivity contribution in [1.29, 1.82) is 0 Å². The van der Waals surface area contributed by atoms with Crippen LogP contribution in [-0.2, 0) is 28.7 Å². The zero-order valence-corrected chi connectivity index (χ0v) is 21.3. The quantitative estimate of drug-likeness (QED) is 0.395. The number of carbonyl (C=O) groups excluding carboxylic acids is 1. The third kappa shape index (κ3) is 5.99. The van der Waals surface area contributed by atoms with E-state index in [1.165, 1.54) is 12.1 Å². The van der Waals surface area contributed by atoms with Crippen LogP contribution in [0.3, 0.4) is 0 Å². The Morgan fingerprint density at radius 2 is 1.83 bits per heavy atom. The summed E-state index contributed by atoms with van der Waals surface area (Å²) in [5, 5.41) is 0.00849. The normalized spacial score (nSPS) is 13.9. The highest BCUT2D eigenvalue weighted by Gasteiger charge is 2.31. The molecule has 0 saturated heterocycles. The zero-order chi connectivity index (χ0) is 25.2. The summed E-state index contributed by atoms with van der Waals surface area (Å²) in [6, 6.07) is 13.4. The molecular formula is C27H32FN3O3S. The van der Waals surface area contributed by atoms with E-state index in [0.29, 0.717) is 24.7 Å². The van der Waals surface area contributed by atoms with Gasteiger partial charge in [0.25, 0.3) is 5.91 Å². The fourth-order valence-corrected chi connectivity index (χ4v) is 5.80. The number of hydrogen-bond donors (Lipinski definition) is 0. The molecule has 2 aromatic carbocycles. The Balaban J connectivity index is 1.67. The molecule has 0 spiro atoms. The summed E-state index contributed by atoms with van der Waals surface area (Å²) in [7, 11) is -3.73. The number of rotatable bonds is 10. The highest BCUT2D eigenvalue weighted by Crippen LogP contribution is 2.31. The maximum Gasteiger partial charge on any atom is 0.257 e. The van der Waals surface area contributed by atoms with Crippen LogP contribution in [0.25, 0.3) is 0 Å². The first-order chi connectivity index (χ1) is 16.7. The van der Waals surface area contributed by atoms with Crippen molar-refractivity contribution < 1.29 is 17.6 Å². The molecule has 8 heteroatoms. The third-order valence-corrected chi connectivity index (χ3v) is 7.83. The van der Waals surface area contributed by atoms with Gasteiger partial charge in [0, 0.05) is 13.1 Å². The predicted molar refractivity (Wildman–Crippen MR) is 133 cm³/mol.